The van der Waals surface area contributed by atoms with Gasteiger partial charge in [-0.1, -0.05) is 96.8 Å². The van der Waals surface area contributed by atoms with E-state index in [0.29, 0.717) is 39.6 Å². The van der Waals surface area contributed by atoms with Gasteiger partial charge >= 0.3 is 7.82 Å². The van der Waals surface area contributed by atoms with E-state index in [1.165, 1.54) is 89.9 Å². The maximum absolute atomic E-state index is 10.4. The fourth-order valence-electron chi connectivity index (χ4n) is 3.55. The summed E-state index contributed by atoms with van der Waals surface area (Å²) in [5, 5.41) is 0. The molecule has 0 rings (SSSR count). The highest BCUT2D eigenvalue weighted by Crippen LogP contribution is 2.35. The summed E-state index contributed by atoms with van der Waals surface area (Å²) in [6.07, 6.45) is 20.6. The molecule has 2 N–H and O–H groups in total. The number of ether oxygens (including phenoxy) is 4. The summed E-state index contributed by atoms with van der Waals surface area (Å²) in [5.41, 5.74) is 0. The van der Waals surface area contributed by atoms with Crippen LogP contribution in [0.25, 0.3) is 0 Å². The second-order valence-corrected chi connectivity index (χ2v) is 9.96. The van der Waals surface area contributed by atoms with E-state index in [2.05, 4.69) is 11.4 Å². The number of hydrogen-bond acceptors (Lipinski definition) is 6. The Balaban J connectivity index is 3.03. The van der Waals surface area contributed by atoms with Crippen LogP contribution < -0.4 is 0 Å². The summed E-state index contributed by atoms with van der Waals surface area (Å²) in [7, 11) is -4.40. The Morgan fingerprint density at radius 3 is 1.09 bits per heavy atom. The first-order valence-electron chi connectivity index (χ1n) is 13.6. The van der Waals surface area contributed by atoms with Gasteiger partial charge in [-0.05, 0) is 6.42 Å². The van der Waals surface area contributed by atoms with Crippen molar-refractivity contribution in [2.45, 2.75) is 103 Å². The van der Waals surface area contributed by atoms with Gasteiger partial charge in [0.25, 0.3) is 0 Å². The summed E-state index contributed by atoms with van der Waals surface area (Å²) in [6.45, 7) is 5.94. The molecule has 0 fully saturated rings. The van der Waals surface area contributed by atoms with Crippen LogP contribution in [0.5, 0.6) is 0 Å². The maximum Gasteiger partial charge on any atom is 0.469 e. The van der Waals surface area contributed by atoms with Crippen LogP contribution in [0.3, 0.4) is 0 Å². The summed E-state index contributed by atoms with van der Waals surface area (Å²) in [5.74, 6) is 0. The van der Waals surface area contributed by atoms with Gasteiger partial charge < -0.3 is 28.7 Å². The molecule has 34 heavy (non-hydrogen) atoms. The molecule has 0 atom stereocenters. The van der Waals surface area contributed by atoms with E-state index in [1.807, 2.05) is 0 Å². The largest absolute Gasteiger partial charge is 0.469 e. The molecular weight excluding hydrogens is 459 g/mol. The number of unbranched alkanes of at least 4 members (excludes halogenated alkanes) is 14. The number of rotatable bonds is 29. The SMILES string of the molecule is CCCCCCCCCCCCCCCCCOCCOCCOCCOCCOP(=O)(O)O. The topological polar surface area (TPSA) is 104 Å². The molecule has 0 saturated heterocycles. The van der Waals surface area contributed by atoms with Gasteiger partial charge in [0.15, 0.2) is 0 Å². The lowest BCUT2D eigenvalue weighted by molar-refractivity contribution is -0.00578. The molecule has 0 aromatic heterocycles. The van der Waals surface area contributed by atoms with Crippen molar-refractivity contribution in [3.05, 3.63) is 0 Å². The number of hydrogen-bond donors (Lipinski definition) is 2. The quantitative estimate of drug-likeness (QED) is 0.0924. The molecule has 0 aliphatic carbocycles. The number of phosphoric acid groups is 1. The van der Waals surface area contributed by atoms with E-state index in [0.717, 1.165) is 13.0 Å². The van der Waals surface area contributed by atoms with Crippen molar-refractivity contribution in [1.82, 2.24) is 0 Å². The lowest BCUT2D eigenvalue weighted by Gasteiger charge is -2.08. The van der Waals surface area contributed by atoms with Crippen LogP contribution in [0.4, 0.5) is 0 Å². The van der Waals surface area contributed by atoms with Crippen LogP contribution in [0.15, 0.2) is 0 Å². The molecule has 0 unspecified atom stereocenters. The molecular formula is C25H53O8P. The zero-order valence-corrected chi connectivity index (χ0v) is 22.7. The molecule has 0 aliphatic rings. The first-order chi connectivity index (χ1) is 16.6. The lowest BCUT2D eigenvalue weighted by atomic mass is 10.0. The van der Waals surface area contributed by atoms with Crippen LogP contribution in [-0.2, 0) is 28.0 Å². The van der Waals surface area contributed by atoms with E-state index in [1.54, 1.807) is 0 Å². The fraction of sp³-hybridized carbons (Fsp3) is 1.00. The van der Waals surface area contributed by atoms with Crippen molar-refractivity contribution in [2.75, 3.05) is 59.5 Å². The normalized spacial score (nSPS) is 12.0. The first-order valence-corrected chi connectivity index (χ1v) is 15.1. The van der Waals surface area contributed by atoms with Gasteiger partial charge in [0.2, 0.25) is 0 Å². The molecule has 0 spiro atoms. The Morgan fingerprint density at radius 2 is 0.735 bits per heavy atom. The van der Waals surface area contributed by atoms with Crippen LogP contribution in [0, 0.1) is 0 Å². The van der Waals surface area contributed by atoms with Gasteiger partial charge in [-0.25, -0.2) is 4.57 Å². The third-order valence-corrected chi connectivity index (χ3v) is 6.01. The zero-order valence-electron chi connectivity index (χ0n) is 21.8. The molecule has 8 nitrogen and oxygen atoms in total. The molecule has 9 heteroatoms. The van der Waals surface area contributed by atoms with Gasteiger partial charge in [-0.2, -0.15) is 0 Å². The molecule has 206 valence electrons. The third kappa shape index (κ3) is 32.0. The molecule has 0 heterocycles. The monoisotopic (exact) mass is 512 g/mol. The predicted octanol–water partition coefficient (Wildman–Crippen LogP) is 6.03. The Bertz CT molecular complexity index is 433. The third-order valence-electron chi connectivity index (χ3n) is 5.50. The summed E-state index contributed by atoms with van der Waals surface area (Å²) in [6, 6.07) is 0. The fourth-order valence-corrected chi connectivity index (χ4v) is 3.86. The minimum absolute atomic E-state index is 0.113. The van der Waals surface area contributed by atoms with E-state index in [4.69, 9.17) is 28.7 Å². The first kappa shape index (κ1) is 34.0. The van der Waals surface area contributed by atoms with Gasteiger partial charge in [-0.3, -0.25) is 4.52 Å². The van der Waals surface area contributed by atoms with Crippen LogP contribution in [0.1, 0.15) is 103 Å². The minimum Gasteiger partial charge on any atom is -0.379 e. The maximum atomic E-state index is 10.4. The van der Waals surface area contributed by atoms with E-state index < -0.39 is 7.82 Å². The van der Waals surface area contributed by atoms with Crippen LogP contribution in [-0.4, -0.2) is 69.2 Å². The van der Waals surface area contributed by atoms with Gasteiger partial charge in [0.05, 0.1) is 52.9 Å². The molecule has 0 saturated carbocycles. The minimum atomic E-state index is -4.40. The highest BCUT2D eigenvalue weighted by atomic mass is 31.2. The van der Waals surface area contributed by atoms with Crippen LogP contribution >= 0.6 is 7.82 Å². The van der Waals surface area contributed by atoms with Gasteiger partial charge in [-0.15, -0.1) is 0 Å². The van der Waals surface area contributed by atoms with E-state index >= 15 is 0 Å². The highest BCUT2D eigenvalue weighted by Gasteiger charge is 2.12. The average Bonchev–Trinajstić information content (AvgIpc) is 2.80. The van der Waals surface area contributed by atoms with Crippen LogP contribution in [0.2, 0.25) is 0 Å². The molecule has 0 aliphatic heterocycles. The lowest BCUT2D eigenvalue weighted by Crippen LogP contribution is -2.13. The predicted molar refractivity (Wildman–Crippen MR) is 136 cm³/mol. The summed E-state index contributed by atoms with van der Waals surface area (Å²) in [4.78, 5) is 17.0. The standard InChI is InChI=1S/C25H53O8P/c1-2-3-4-5-6-7-8-9-10-11-12-13-14-15-16-17-29-18-19-30-20-21-31-22-23-32-24-25-33-34(26,27)28/h2-25H2,1H3,(H2,26,27,28). The van der Waals surface area contributed by atoms with Crippen molar-refractivity contribution in [3.8, 4) is 0 Å². The van der Waals surface area contributed by atoms with Crippen molar-refractivity contribution in [2.24, 2.45) is 0 Å². The Kier molecular flexibility index (Phi) is 27.5. The smallest absolute Gasteiger partial charge is 0.379 e. The Morgan fingerprint density at radius 1 is 0.441 bits per heavy atom. The van der Waals surface area contributed by atoms with Gasteiger partial charge in [0, 0.05) is 6.61 Å². The average molecular weight is 513 g/mol. The van der Waals surface area contributed by atoms with E-state index in [9.17, 15) is 4.57 Å². The molecule has 0 amide bonds. The summed E-state index contributed by atoms with van der Waals surface area (Å²) >= 11 is 0. The number of phosphoric ester groups is 1. The zero-order chi connectivity index (χ0) is 25.0. The van der Waals surface area contributed by atoms with E-state index in [-0.39, 0.29) is 13.2 Å². The van der Waals surface area contributed by atoms with Crippen molar-refractivity contribution in [3.63, 3.8) is 0 Å². The molecule has 0 bridgehead atoms. The van der Waals surface area contributed by atoms with Gasteiger partial charge in [0.1, 0.15) is 0 Å². The van der Waals surface area contributed by atoms with Crippen molar-refractivity contribution in [1.29, 1.82) is 0 Å². The molecule has 0 aromatic carbocycles. The molecule has 0 radical (unpaired) electrons. The Hall–Kier alpha value is -0.0500. The second kappa shape index (κ2) is 27.5. The molecule has 0 aromatic rings. The highest BCUT2D eigenvalue weighted by molar-refractivity contribution is 7.46. The Labute approximate surface area is 208 Å². The van der Waals surface area contributed by atoms with Crippen molar-refractivity contribution >= 4 is 7.82 Å². The second-order valence-electron chi connectivity index (χ2n) is 8.72. The van der Waals surface area contributed by atoms with Crippen molar-refractivity contribution < 1.29 is 37.8 Å². The summed E-state index contributed by atoms with van der Waals surface area (Å²) < 4.78 is 36.2.